The molecule has 0 unspecified atom stereocenters. The molecule has 0 bridgehead atoms. The van der Waals surface area contributed by atoms with Crippen LogP contribution in [0.25, 0.3) is 0 Å². The third-order valence-corrected chi connectivity index (χ3v) is 2.57. The minimum Gasteiger partial charge on any atom is -0.444 e. The monoisotopic (exact) mass is 242 g/mol. The normalized spacial score (nSPS) is 15.8. The van der Waals surface area contributed by atoms with Crippen LogP contribution < -0.4 is 5.32 Å². The van der Waals surface area contributed by atoms with E-state index in [1.807, 2.05) is 25.7 Å². The van der Waals surface area contributed by atoms with Gasteiger partial charge in [-0.1, -0.05) is 6.92 Å². The van der Waals surface area contributed by atoms with Crippen molar-refractivity contribution in [1.82, 2.24) is 10.2 Å². The molecule has 1 saturated carbocycles. The van der Waals surface area contributed by atoms with Crippen LogP contribution in [0.3, 0.4) is 0 Å². The number of carbonyl (C=O) groups is 1. The highest BCUT2D eigenvalue weighted by molar-refractivity contribution is 5.69. The van der Waals surface area contributed by atoms with Crippen molar-refractivity contribution in [2.75, 3.05) is 19.6 Å². The van der Waals surface area contributed by atoms with Gasteiger partial charge in [-0.15, -0.1) is 0 Å². The fourth-order valence-corrected chi connectivity index (χ4v) is 1.63. The zero-order valence-corrected chi connectivity index (χ0v) is 11.6. The second-order valence-electron chi connectivity index (χ2n) is 5.65. The van der Waals surface area contributed by atoms with Gasteiger partial charge in [0, 0.05) is 19.1 Å². The van der Waals surface area contributed by atoms with E-state index in [2.05, 4.69) is 12.2 Å². The molecule has 1 amide bonds. The van der Waals surface area contributed by atoms with Crippen LogP contribution >= 0.6 is 0 Å². The summed E-state index contributed by atoms with van der Waals surface area (Å²) in [7, 11) is 0. The number of hydrogen-bond acceptors (Lipinski definition) is 3. The van der Waals surface area contributed by atoms with Crippen LogP contribution in [0.5, 0.6) is 0 Å². The lowest BCUT2D eigenvalue weighted by Gasteiger charge is -2.27. The molecule has 0 aromatic carbocycles. The molecule has 0 spiro atoms. The summed E-state index contributed by atoms with van der Waals surface area (Å²) in [4.78, 5) is 13.8. The summed E-state index contributed by atoms with van der Waals surface area (Å²) in [5, 5.41) is 3.32. The number of rotatable bonds is 6. The Morgan fingerprint density at radius 3 is 2.47 bits per heavy atom. The third-order valence-electron chi connectivity index (χ3n) is 2.57. The molecule has 1 fully saturated rings. The van der Waals surface area contributed by atoms with E-state index in [4.69, 9.17) is 4.74 Å². The minimum absolute atomic E-state index is 0.168. The highest BCUT2D eigenvalue weighted by atomic mass is 16.6. The Labute approximate surface area is 105 Å². The first-order valence-corrected chi connectivity index (χ1v) is 6.64. The number of nitrogens with zero attached hydrogens (tertiary/aromatic N) is 1. The molecule has 1 N–H and O–H groups in total. The summed E-state index contributed by atoms with van der Waals surface area (Å²) in [6.07, 6.45) is 3.19. The van der Waals surface area contributed by atoms with Gasteiger partial charge in [0.25, 0.3) is 0 Å². The number of nitrogens with one attached hydrogen (secondary N) is 1. The number of amides is 1. The van der Waals surface area contributed by atoms with E-state index < -0.39 is 5.60 Å². The molecule has 0 radical (unpaired) electrons. The van der Waals surface area contributed by atoms with Gasteiger partial charge in [-0.25, -0.2) is 4.79 Å². The lowest BCUT2D eigenvalue weighted by Crippen LogP contribution is -2.41. The molecule has 1 rings (SSSR count). The Kier molecular flexibility index (Phi) is 5.25. The van der Waals surface area contributed by atoms with Gasteiger partial charge in [-0.3, -0.25) is 0 Å². The summed E-state index contributed by atoms with van der Waals surface area (Å²) < 4.78 is 5.42. The van der Waals surface area contributed by atoms with Crippen LogP contribution in [0.2, 0.25) is 0 Å². The van der Waals surface area contributed by atoms with E-state index in [9.17, 15) is 4.79 Å². The van der Waals surface area contributed by atoms with Gasteiger partial charge in [0.15, 0.2) is 0 Å². The van der Waals surface area contributed by atoms with Crippen LogP contribution in [0.15, 0.2) is 0 Å². The minimum atomic E-state index is -0.402. The van der Waals surface area contributed by atoms with E-state index in [0.717, 1.165) is 38.9 Å². The van der Waals surface area contributed by atoms with E-state index >= 15 is 0 Å². The van der Waals surface area contributed by atoms with Gasteiger partial charge in [0.2, 0.25) is 0 Å². The van der Waals surface area contributed by atoms with Crippen molar-refractivity contribution in [3.63, 3.8) is 0 Å². The molecule has 0 aliphatic heterocycles. The molecule has 1 aliphatic carbocycles. The van der Waals surface area contributed by atoms with Gasteiger partial charge in [-0.05, 0) is 46.6 Å². The van der Waals surface area contributed by atoms with Crippen molar-refractivity contribution in [2.45, 2.75) is 58.6 Å². The molecule has 0 aromatic heterocycles. The highest BCUT2D eigenvalue weighted by Crippen LogP contribution is 2.27. The molecule has 100 valence electrons. The van der Waals surface area contributed by atoms with E-state index in [1.54, 1.807) is 0 Å². The maximum Gasteiger partial charge on any atom is 0.410 e. The average molecular weight is 242 g/mol. The molecule has 0 heterocycles. The fraction of sp³-hybridized carbons (Fsp3) is 0.923. The lowest BCUT2D eigenvalue weighted by atomic mass is 10.2. The summed E-state index contributed by atoms with van der Waals surface area (Å²) in [5.74, 6) is 0. The van der Waals surface area contributed by atoms with Crippen molar-refractivity contribution < 1.29 is 9.53 Å². The first kappa shape index (κ1) is 14.3. The molecular weight excluding hydrogens is 216 g/mol. The number of ether oxygens (including phenoxy) is 1. The molecule has 1 aliphatic rings. The zero-order valence-electron chi connectivity index (χ0n) is 11.6. The lowest BCUT2D eigenvalue weighted by molar-refractivity contribution is 0.0236. The number of carbonyl (C=O) groups excluding carboxylic acids is 1. The van der Waals surface area contributed by atoms with Crippen molar-refractivity contribution in [2.24, 2.45) is 0 Å². The maximum atomic E-state index is 12.0. The van der Waals surface area contributed by atoms with Crippen LogP contribution in [0.1, 0.15) is 47.0 Å². The zero-order chi connectivity index (χ0) is 12.9. The molecule has 0 aromatic rings. The summed E-state index contributed by atoms with van der Waals surface area (Å²) in [5.41, 5.74) is -0.402. The first-order chi connectivity index (χ1) is 7.94. The van der Waals surface area contributed by atoms with Crippen molar-refractivity contribution in [3.8, 4) is 0 Å². The first-order valence-electron chi connectivity index (χ1n) is 6.64. The summed E-state index contributed by atoms with van der Waals surface area (Å²) in [6, 6.07) is 0.410. The van der Waals surface area contributed by atoms with Gasteiger partial charge in [-0.2, -0.15) is 0 Å². The summed E-state index contributed by atoms with van der Waals surface area (Å²) >= 11 is 0. The Morgan fingerprint density at radius 1 is 1.35 bits per heavy atom. The van der Waals surface area contributed by atoms with E-state index in [1.165, 1.54) is 0 Å². The summed E-state index contributed by atoms with van der Waals surface area (Å²) in [6.45, 7) is 10.5. The van der Waals surface area contributed by atoms with Crippen LogP contribution in [-0.4, -0.2) is 42.3 Å². The van der Waals surface area contributed by atoms with E-state index in [0.29, 0.717) is 6.04 Å². The van der Waals surface area contributed by atoms with Crippen LogP contribution in [-0.2, 0) is 4.74 Å². The maximum absolute atomic E-state index is 12.0. The predicted molar refractivity (Wildman–Crippen MR) is 69.1 cm³/mol. The molecule has 0 atom stereocenters. The third kappa shape index (κ3) is 5.91. The molecule has 4 nitrogen and oxygen atoms in total. The average Bonchev–Trinajstić information content (AvgIpc) is 2.98. The SMILES string of the molecule is CCCNCCN(C(=O)OC(C)(C)C)C1CC1. The second kappa shape index (κ2) is 6.24. The van der Waals surface area contributed by atoms with Crippen molar-refractivity contribution >= 4 is 6.09 Å². The largest absolute Gasteiger partial charge is 0.444 e. The standard InChI is InChI=1S/C13H26N2O2/c1-5-8-14-9-10-15(11-6-7-11)12(16)17-13(2,3)4/h11,14H,5-10H2,1-4H3. The highest BCUT2D eigenvalue weighted by Gasteiger charge is 2.34. The fourth-order valence-electron chi connectivity index (χ4n) is 1.63. The topological polar surface area (TPSA) is 41.6 Å². The van der Waals surface area contributed by atoms with Crippen molar-refractivity contribution in [3.05, 3.63) is 0 Å². The molecule has 4 heteroatoms. The van der Waals surface area contributed by atoms with Crippen LogP contribution in [0, 0.1) is 0 Å². The van der Waals surface area contributed by atoms with Gasteiger partial charge < -0.3 is 15.0 Å². The molecule has 0 saturated heterocycles. The van der Waals surface area contributed by atoms with Gasteiger partial charge in [0.05, 0.1) is 0 Å². The smallest absolute Gasteiger partial charge is 0.410 e. The van der Waals surface area contributed by atoms with Gasteiger partial charge in [0.1, 0.15) is 5.60 Å². The molecular formula is C13H26N2O2. The van der Waals surface area contributed by atoms with E-state index in [-0.39, 0.29) is 6.09 Å². The Bertz CT molecular complexity index is 244. The Balaban J connectivity index is 2.34. The molecule has 17 heavy (non-hydrogen) atoms. The Hall–Kier alpha value is -0.770. The Morgan fingerprint density at radius 2 is 2.00 bits per heavy atom. The second-order valence-corrected chi connectivity index (χ2v) is 5.65. The van der Waals surface area contributed by atoms with Gasteiger partial charge >= 0.3 is 6.09 Å². The predicted octanol–water partition coefficient (Wildman–Crippen LogP) is 2.39. The van der Waals surface area contributed by atoms with Crippen LogP contribution in [0.4, 0.5) is 4.79 Å². The number of hydrogen-bond donors (Lipinski definition) is 1. The van der Waals surface area contributed by atoms with Crippen molar-refractivity contribution in [1.29, 1.82) is 0 Å². The quantitative estimate of drug-likeness (QED) is 0.727.